The first-order valence-electron chi connectivity index (χ1n) is 8.92. The van der Waals surface area contributed by atoms with Crippen molar-refractivity contribution in [3.63, 3.8) is 0 Å². The minimum atomic E-state index is -0.766. The van der Waals surface area contributed by atoms with Gasteiger partial charge in [-0.05, 0) is 31.0 Å². The molecule has 4 rings (SSSR count). The first kappa shape index (κ1) is 16.6. The minimum Gasteiger partial charge on any atom is -0.468 e. The third-order valence-corrected chi connectivity index (χ3v) is 5.28. The van der Waals surface area contributed by atoms with Crippen LogP contribution in [0.1, 0.15) is 43.4 Å². The summed E-state index contributed by atoms with van der Waals surface area (Å²) in [6.07, 6.45) is 0.577. The largest absolute Gasteiger partial charge is 0.468 e. The highest BCUT2D eigenvalue weighted by atomic mass is 16.5. The molecule has 2 N–H and O–H groups in total. The molecule has 4 atom stereocenters. The van der Waals surface area contributed by atoms with E-state index in [2.05, 4.69) is 10.6 Å². The van der Waals surface area contributed by atoms with Crippen molar-refractivity contribution in [3.05, 3.63) is 65.7 Å². The number of carbonyl (C=O) groups excluding carboxylic acids is 2. The Morgan fingerprint density at radius 1 is 1.19 bits per heavy atom. The lowest BCUT2D eigenvalue weighted by Crippen LogP contribution is -2.63. The number of benzene rings is 2. The summed E-state index contributed by atoms with van der Waals surface area (Å²) in [7, 11) is 0. The van der Waals surface area contributed by atoms with E-state index >= 15 is 0 Å². The highest BCUT2D eigenvalue weighted by Crippen LogP contribution is 2.46. The molecule has 2 aliphatic rings. The zero-order valence-corrected chi connectivity index (χ0v) is 14.9. The first-order valence-corrected chi connectivity index (χ1v) is 8.92. The maximum Gasteiger partial charge on any atom is 0.236 e. The van der Waals surface area contributed by atoms with Gasteiger partial charge in [0.2, 0.25) is 11.8 Å². The van der Waals surface area contributed by atoms with Gasteiger partial charge in [0.05, 0.1) is 6.04 Å². The van der Waals surface area contributed by atoms with Crippen molar-refractivity contribution in [2.24, 2.45) is 5.92 Å². The quantitative estimate of drug-likeness (QED) is 0.837. The second-order valence-electron chi connectivity index (χ2n) is 7.29. The summed E-state index contributed by atoms with van der Waals surface area (Å²) in [6.45, 7) is 3.78. The molecule has 0 unspecified atom stereocenters. The molecule has 2 aromatic rings. The van der Waals surface area contributed by atoms with Crippen LogP contribution >= 0.6 is 0 Å². The van der Waals surface area contributed by atoms with Crippen LogP contribution in [0.4, 0.5) is 0 Å². The van der Waals surface area contributed by atoms with Crippen molar-refractivity contribution in [1.82, 2.24) is 10.6 Å². The number of para-hydroxylation sites is 1. The Balaban J connectivity index is 1.62. The molecular formula is C21H22N2O3. The van der Waals surface area contributed by atoms with Crippen molar-refractivity contribution < 1.29 is 14.3 Å². The van der Waals surface area contributed by atoms with E-state index in [9.17, 15) is 9.59 Å². The van der Waals surface area contributed by atoms with Crippen molar-refractivity contribution in [3.8, 4) is 5.75 Å². The van der Waals surface area contributed by atoms with E-state index in [1.807, 2.05) is 68.4 Å². The summed E-state index contributed by atoms with van der Waals surface area (Å²) in [4.78, 5) is 25.7. The molecule has 0 spiro atoms. The average molecular weight is 350 g/mol. The molecule has 0 radical (unpaired) electrons. The molecule has 2 bridgehead atoms. The monoisotopic (exact) mass is 350 g/mol. The van der Waals surface area contributed by atoms with Gasteiger partial charge in [-0.1, -0.05) is 48.5 Å². The van der Waals surface area contributed by atoms with E-state index in [0.717, 1.165) is 16.9 Å². The van der Waals surface area contributed by atoms with Gasteiger partial charge in [0.1, 0.15) is 11.7 Å². The average Bonchev–Trinajstić information content (AvgIpc) is 2.61. The number of rotatable bonds is 3. The number of amides is 2. The highest BCUT2D eigenvalue weighted by Gasteiger charge is 2.51. The number of hydrogen-bond donors (Lipinski definition) is 2. The SMILES string of the molecule is C[C@@H](NC(=O)[C@H]1C(=O)N[C@]2(C)C[C@@H]1c1ccccc1O2)c1ccccc1. The van der Waals surface area contributed by atoms with Gasteiger partial charge in [-0.2, -0.15) is 0 Å². The smallest absolute Gasteiger partial charge is 0.236 e. The molecule has 5 heteroatoms. The molecule has 2 aliphatic heterocycles. The second-order valence-corrected chi connectivity index (χ2v) is 7.29. The van der Waals surface area contributed by atoms with Crippen LogP contribution in [0.2, 0.25) is 0 Å². The summed E-state index contributed by atoms with van der Waals surface area (Å²) < 4.78 is 5.98. The summed E-state index contributed by atoms with van der Waals surface area (Å²) in [5.74, 6) is -0.750. The van der Waals surface area contributed by atoms with Gasteiger partial charge in [0.25, 0.3) is 0 Å². The number of nitrogens with one attached hydrogen (secondary N) is 2. The molecule has 0 aliphatic carbocycles. The highest BCUT2D eigenvalue weighted by molar-refractivity contribution is 6.02. The summed E-state index contributed by atoms with van der Waals surface area (Å²) in [6, 6.07) is 17.2. The van der Waals surface area contributed by atoms with Crippen LogP contribution in [-0.4, -0.2) is 17.5 Å². The van der Waals surface area contributed by atoms with Crippen LogP contribution in [0.5, 0.6) is 5.75 Å². The lowest BCUT2D eigenvalue weighted by molar-refractivity contribution is -0.147. The summed E-state index contributed by atoms with van der Waals surface area (Å²) in [5, 5.41) is 5.89. The Bertz CT molecular complexity index is 851. The Hall–Kier alpha value is -2.82. The minimum absolute atomic E-state index is 0.167. The number of ether oxygens (including phenoxy) is 1. The lowest BCUT2D eigenvalue weighted by Gasteiger charge is -2.46. The van der Waals surface area contributed by atoms with Crippen LogP contribution in [0, 0.1) is 5.92 Å². The van der Waals surface area contributed by atoms with E-state index in [1.54, 1.807) is 0 Å². The zero-order valence-electron chi connectivity index (χ0n) is 14.9. The number of hydrogen-bond acceptors (Lipinski definition) is 3. The van der Waals surface area contributed by atoms with E-state index in [1.165, 1.54) is 0 Å². The van der Waals surface area contributed by atoms with Gasteiger partial charge >= 0.3 is 0 Å². The fraction of sp³-hybridized carbons (Fsp3) is 0.333. The number of fused-ring (bicyclic) bond motifs is 4. The first-order chi connectivity index (χ1) is 12.5. The molecule has 134 valence electrons. The van der Waals surface area contributed by atoms with Gasteiger partial charge in [-0.3, -0.25) is 9.59 Å². The molecule has 1 saturated heterocycles. The lowest BCUT2D eigenvalue weighted by atomic mass is 9.74. The summed E-state index contributed by atoms with van der Waals surface area (Å²) in [5.41, 5.74) is 1.17. The van der Waals surface area contributed by atoms with Crippen LogP contribution < -0.4 is 15.4 Å². The molecular weight excluding hydrogens is 328 g/mol. The third-order valence-electron chi connectivity index (χ3n) is 5.28. The molecule has 2 heterocycles. The van der Waals surface area contributed by atoms with Gasteiger partial charge in [-0.15, -0.1) is 0 Å². The van der Waals surface area contributed by atoms with Crippen molar-refractivity contribution in [2.45, 2.75) is 38.0 Å². The van der Waals surface area contributed by atoms with Gasteiger partial charge in [-0.25, -0.2) is 0 Å². The van der Waals surface area contributed by atoms with Crippen molar-refractivity contribution in [1.29, 1.82) is 0 Å². The predicted octanol–water partition coefficient (Wildman–Crippen LogP) is 2.89. The fourth-order valence-electron chi connectivity index (χ4n) is 4.02. The van der Waals surface area contributed by atoms with E-state index in [4.69, 9.17) is 4.74 Å². The van der Waals surface area contributed by atoms with Gasteiger partial charge < -0.3 is 15.4 Å². The molecule has 0 aromatic heterocycles. The maximum atomic E-state index is 13.0. The predicted molar refractivity (Wildman–Crippen MR) is 97.5 cm³/mol. The molecule has 2 amide bonds. The van der Waals surface area contributed by atoms with E-state index in [-0.39, 0.29) is 23.8 Å². The Morgan fingerprint density at radius 2 is 1.88 bits per heavy atom. The van der Waals surface area contributed by atoms with Crippen molar-refractivity contribution >= 4 is 11.8 Å². The molecule has 0 saturated carbocycles. The van der Waals surface area contributed by atoms with Crippen LogP contribution in [0.3, 0.4) is 0 Å². The zero-order chi connectivity index (χ0) is 18.3. The molecule has 1 fully saturated rings. The Kier molecular flexibility index (Phi) is 3.94. The Labute approximate surface area is 152 Å². The maximum absolute atomic E-state index is 13.0. The van der Waals surface area contributed by atoms with Crippen molar-refractivity contribution in [2.75, 3.05) is 0 Å². The Morgan fingerprint density at radius 3 is 2.65 bits per heavy atom. The van der Waals surface area contributed by atoms with E-state index < -0.39 is 11.6 Å². The van der Waals surface area contributed by atoms with Gasteiger partial charge in [0, 0.05) is 12.3 Å². The standard InChI is InChI=1S/C21H22N2O3/c1-13(14-8-4-3-5-9-14)22-19(24)18-16-12-21(2,23-20(18)25)26-17-11-7-6-10-15(16)17/h3-11,13,16,18H,12H2,1-2H3,(H,22,24)(H,23,25)/t13-,16-,18+,21+/m1/s1. The summed E-state index contributed by atoms with van der Waals surface area (Å²) >= 11 is 0. The second kappa shape index (κ2) is 6.16. The molecule has 26 heavy (non-hydrogen) atoms. The fourth-order valence-corrected chi connectivity index (χ4v) is 4.02. The van der Waals surface area contributed by atoms with Crippen LogP contribution in [0.25, 0.3) is 0 Å². The van der Waals surface area contributed by atoms with E-state index in [0.29, 0.717) is 6.42 Å². The number of piperidine rings is 1. The number of carbonyl (C=O) groups is 2. The topological polar surface area (TPSA) is 67.4 Å². The molecule has 5 nitrogen and oxygen atoms in total. The van der Waals surface area contributed by atoms with Crippen LogP contribution in [0.15, 0.2) is 54.6 Å². The third kappa shape index (κ3) is 2.83. The molecule has 2 aromatic carbocycles. The van der Waals surface area contributed by atoms with Gasteiger partial charge in [0.15, 0.2) is 5.72 Å². The normalized spacial score (nSPS) is 27.5. The van der Waals surface area contributed by atoms with Crippen LogP contribution in [-0.2, 0) is 9.59 Å².